The number of esters is 1. The third-order valence-corrected chi connectivity index (χ3v) is 13.4. The monoisotopic (exact) mass is 878 g/mol. The number of benzene rings is 2. The summed E-state index contributed by atoms with van der Waals surface area (Å²) in [5, 5.41) is 17.6. The standard InChI is InChI=1S/C48H55FN6O9/c1-6-48(61)34-18-37-42-32(21-55(37)45(59)33(34)23-62-46(48)60)39-29(12-15-31-26(4)35(49)19-36(54-42)40(31)39)20-51-38(56)24-64-47(16-8-7-9-17-47)63-22-28-10-13-30(14-11-28)53-43(57)27(5)52-44(58)41(50)25(2)3/h10-11,13-14,18-20,25,27,29,41,61H,6-9,12,15-17,21-24,50H2,1-5H3,(H,52,58)(H,53,57)/t27-,29?,41-,48-/m0/s1. The van der Waals surface area contributed by atoms with Crippen LogP contribution in [0.5, 0.6) is 0 Å². The fraction of sp³-hybridized carbons (Fsp3) is 0.479. The zero-order valence-electron chi connectivity index (χ0n) is 36.8. The van der Waals surface area contributed by atoms with E-state index >= 15 is 4.39 Å². The van der Waals surface area contributed by atoms with Gasteiger partial charge < -0.3 is 40.3 Å². The molecule has 5 N–H and O–H groups in total. The molecule has 4 heterocycles. The molecule has 8 rings (SSSR count). The van der Waals surface area contributed by atoms with Crippen molar-refractivity contribution in [3.05, 3.63) is 91.5 Å². The Labute approximate surface area is 370 Å². The molecule has 0 spiro atoms. The number of aliphatic imine (C=N–C) groups is 1. The first-order chi connectivity index (χ1) is 30.5. The summed E-state index contributed by atoms with van der Waals surface area (Å²) in [5.41, 5.74) is 9.42. The molecule has 338 valence electrons. The van der Waals surface area contributed by atoms with Crippen LogP contribution in [0.2, 0.25) is 0 Å². The Morgan fingerprint density at radius 3 is 2.50 bits per heavy atom. The molecule has 4 aromatic rings. The number of nitrogens with zero attached hydrogens (tertiary/aromatic N) is 3. The van der Waals surface area contributed by atoms with Gasteiger partial charge in [-0.05, 0) is 92.3 Å². The number of nitrogens with two attached hydrogens (primary N) is 1. The lowest BCUT2D eigenvalue weighted by Gasteiger charge is -2.36. The van der Waals surface area contributed by atoms with E-state index in [-0.39, 0.29) is 61.7 Å². The summed E-state index contributed by atoms with van der Waals surface area (Å²) < 4.78 is 34.9. The number of halogens is 1. The Morgan fingerprint density at radius 1 is 1.06 bits per heavy atom. The third-order valence-electron chi connectivity index (χ3n) is 13.4. The van der Waals surface area contributed by atoms with Gasteiger partial charge in [-0.15, -0.1) is 0 Å². The molecule has 2 aromatic carbocycles. The van der Waals surface area contributed by atoms with E-state index in [4.69, 9.17) is 24.9 Å². The average molecular weight is 879 g/mol. The lowest BCUT2D eigenvalue weighted by Crippen LogP contribution is -2.50. The molecule has 1 unspecified atom stereocenters. The van der Waals surface area contributed by atoms with E-state index in [2.05, 4.69) is 15.6 Å². The van der Waals surface area contributed by atoms with Crippen LogP contribution < -0.4 is 21.9 Å². The molecule has 3 amide bonds. The number of carbonyl (C=O) groups is 4. The normalized spacial score (nSPS) is 20.6. The fourth-order valence-electron chi connectivity index (χ4n) is 9.39. The zero-order chi connectivity index (χ0) is 45.7. The van der Waals surface area contributed by atoms with Crippen LogP contribution in [0.1, 0.15) is 118 Å². The van der Waals surface area contributed by atoms with Gasteiger partial charge in [0.2, 0.25) is 11.8 Å². The van der Waals surface area contributed by atoms with Gasteiger partial charge in [-0.3, -0.25) is 19.2 Å². The number of amides is 3. The first kappa shape index (κ1) is 44.9. The number of aryl methyl sites for hydroxylation is 1. The number of hydrogen-bond donors (Lipinski definition) is 4. The molecule has 1 fully saturated rings. The molecular weight excluding hydrogens is 824 g/mol. The second-order valence-corrected chi connectivity index (χ2v) is 17.9. The largest absolute Gasteiger partial charge is 0.458 e. The smallest absolute Gasteiger partial charge is 0.343 e. The molecule has 2 aliphatic heterocycles. The van der Waals surface area contributed by atoms with E-state index in [0.29, 0.717) is 53.8 Å². The lowest BCUT2D eigenvalue weighted by atomic mass is 9.78. The van der Waals surface area contributed by atoms with Crippen LogP contribution in [0.25, 0.3) is 22.3 Å². The molecule has 2 aliphatic carbocycles. The van der Waals surface area contributed by atoms with Crippen molar-refractivity contribution in [2.75, 3.05) is 11.9 Å². The summed E-state index contributed by atoms with van der Waals surface area (Å²) in [6.07, 6.45) is 6.59. The van der Waals surface area contributed by atoms with Crippen molar-refractivity contribution in [1.29, 1.82) is 0 Å². The second kappa shape index (κ2) is 17.7. The van der Waals surface area contributed by atoms with Gasteiger partial charge in [-0.1, -0.05) is 39.3 Å². The van der Waals surface area contributed by atoms with E-state index in [1.165, 1.54) is 6.07 Å². The predicted molar refractivity (Wildman–Crippen MR) is 236 cm³/mol. The Bertz CT molecular complexity index is 2640. The molecule has 4 atom stereocenters. The first-order valence-corrected chi connectivity index (χ1v) is 22.2. The van der Waals surface area contributed by atoms with E-state index in [1.807, 2.05) is 26.0 Å². The number of fused-ring (bicyclic) bond motifs is 5. The fourth-order valence-corrected chi connectivity index (χ4v) is 9.39. The van der Waals surface area contributed by atoms with E-state index in [0.717, 1.165) is 46.9 Å². The maximum Gasteiger partial charge on any atom is 0.343 e. The number of ether oxygens (including phenoxy) is 3. The maximum atomic E-state index is 15.4. The summed E-state index contributed by atoms with van der Waals surface area (Å²) >= 11 is 0. The van der Waals surface area contributed by atoms with Crippen LogP contribution in [0.4, 0.5) is 10.1 Å². The highest BCUT2D eigenvalue weighted by molar-refractivity contribution is 5.98. The van der Waals surface area contributed by atoms with Crippen molar-refractivity contribution in [2.24, 2.45) is 16.6 Å². The number of cyclic esters (lactones) is 1. The van der Waals surface area contributed by atoms with Crippen molar-refractivity contribution in [3.63, 3.8) is 0 Å². The predicted octanol–water partition coefficient (Wildman–Crippen LogP) is 5.47. The number of carbonyl (C=O) groups excluding carboxylic acids is 4. The molecular formula is C48H55FN6O9. The van der Waals surface area contributed by atoms with Crippen molar-refractivity contribution in [2.45, 2.75) is 135 Å². The van der Waals surface area contributed by atoms with E-state index in [1.54, 1.807) is 49.8 Å². The molecule has 0 saturated heterocycles. The van der Waals surface area contributed by atoms with Gasteiger partial charge in [0, 0.05) is 53.2 Å². The Hall–Kier alpha value is -5.68. The molecule has 0 radical (unpaired) electrons. The highest BCUT2D eigenvalue weighted by Crippen LogP contribution is 2.46. The SMILES string of the molecule is CC[C@@]1(O)C(=O)OCc2c1cc1n(c2=O)Cc2c-1nc1cc(F)c(C)c3c1c2C(C=NC(=O)COC1(OCc2ccc(NC(=O)[C@H](C)NC(=O)[C@@H](N)C(C)C)cc2)CCCCC1)CC3. The lowest BCUT2D eigenvalue weighted by molar-refractivity contribution is -0.256. The number of hydrogen-bond acceptors (Lipinski definition) is 11. The Morgan fingerprint density at radius 2 is 1.80 bits per heavy atom. The van der Waals surface area contributed by atoms with Gasteiger partial charge in [0.25, 0.3) is 11.5 Å². The summed E-state index contributed by atoms with van der Waals surface area (Å²) in [6.45, 7) is 8.41. The molecule has 4 aliphatic rings. The average Bonchev–Trinajstić information content (AvgIpc) is 3.66. The van der Waals surface area contributed by atoms with Crippen molar-refractivity contribution >= 4 is 46.5 Å². The second-order valence-electron chi connectivity index (χ2n) is 17.9. The van der Waals surface area contributed by atoms with Gasteiger partial charge in [0.1, 0.15) is 25.1 Å². The molecule has 2 aromatic heterocycles. The van der Waals surface area contributed by atoms with Gasteiger partial charge >= 0.3 is 5.97 Å². The van der Waals surface area contributed by atoms with Gasteiger partial charge in [0.15, 0.2) is 11.4 Å². The van der Waals surface area contributed by atoms with Gasteiger partial charge in [-0.25, -0.2) is 19.2 Å². The third kappa shape index (κ3) is 8.28. The van der Waals surface area contributed by atoms with Crippen LogP contribution in [0.3, 0.4) is 0 Å². The molecule has 15 nitrogen and oxygen atoms in total. The Balaban J connectivity index is 0.976. The minimum absolute atomic E-state index is 0.00181. The molecule has 16 heteroatoms. The quantitative estimate of drug-likeness (QED) is 0.0661. The maximum absolute atomic E-state index is 15.4. The minimum atomic E-state index is -2.00. The molecule has 64 heavy (non-hydrogen) atoms. The Kier molecular flexibility index (Phi) is 12.4. The van der Waals surface area contributed by atoms with Gasteiger partial charge in [0.05, 0.1) is 41.7 Å². The van der Waals surface area contributed by atoms with Crippen LogP contribution in [0.15, 0.2) is 46.2 Å². The van der Waals surface area contributed by atoms with Crippen molar-refractivity contribution < 1.29 is 42.9 Å². The number of pyridine rings is 2. The minimum Gasteiger partial charge on any atom is -0.458 e. The number of aliphatic hydroxyl groups is 1. The van der Waals surface area contributed by atoms with E-state index < -0.39 is 52.6 Å². The summed E-state index contributed by atoms with van der Waals surface area (Å²) in [7, 11) is 0. The molecule has 0 bridgehead atoms. The zero-order valence-corrected chi connectivity index (χ0v) is 36.8. The molecule has 1 saturated carbocycles. The highest BCUT2D eigenvalue weighted by atomic mass is 19.1. The van der Waals surface area contributed by atoms with Gasteiger partial charge in [-0.2, -0.15) is 0 Å². The van der Waals surface area contributed by atoms with Crippen LogP contribution in [-0.2, 0) is 65.2 Å². The summed E-state index contributed by atoms with van der Waals surface area (Å²) in [5.74, 6) is -3.93. The number of aromatic nitrogens is 2. The van der Waals surface area contributed by atoms with E-state index in [9.17, 15) is 29.1 Å². The van der Waals surface area contributed by atoms with Crippen LogP contribution in [0, 0.1) is 18.7 Å². The van der Waals surface area contributed by atoms with Crippen molar-refractivity contribution in [3.8, 4) is 11.4 Å². The topological polar surface area (TPSA) is 214 Å². The number of anilines is 1. The number of rotatable bonds is 13. The van der Waals surface area contributed by atoms with Crippen LogP contribution in [-0.4, -0.2) is 69.0 Å². The van der Waals surface area contributed by atoms with Crippen LogP contribution >= 0.6 is 0 Å². The highest BCUT2D eigenvalue weighted by Gasteiger charge is 2.46. The number of nitrogens with one attached hydrogen (secondary N) is 2. The summed E-state index contributed by atoms with van der Waals surface area (Å²) in [4.78, 5) is 74.7. The first-order valence-electron chi connectivity index (χ1n) is 22.2. The summed E-state index contributed by atoms with van der Waals surface area (Å²) in [6, 6.07) is 8.67. The van der Waals surface area contributed by atoms with Crippen molar-refractivity contribution in [1.82, 2.24) is 14.9 Å².